The lowest BCUT2D eigenvalue weighted by molar-refractivity contribution is 0.197. The zero-order valence-corrected chi connectivity index (χ0v) is 14.4. The lowest BCUT2D eigenvalue weighted by Crippen LogP contribution is -2.36. The van der Waals surface area contributed by atoms with Crippen LogP contribution in [0.3, 0.4) is 0 Å². The van der Waals surface area contributed by atoms with Crippen LogP contribution in [0, 0.1) is 5.92 Å². The Kier molecular flexibility index (Phi) is 3.69. The van der Waals surface area contributed by atoms with E-state index in [1.165, 1.54) is 70.4 Å². The van der Waals surface area contributed by atoms with E-state index in [4.69, 9.17) is 10.1 Å². The maximum absolute atomic E-state index is 4.85. The summed E-state index contributed by atoms with van der Waals surface area (Å²) < 4.78 is 2.00. The highest BCUT2D eigenvalue weighted by Gasteiger charge is 2.29. The van der Waals surface area contributed by atoms with Gasteiger partial charge in [-0.05, 0) is 63.1 Å². The number of rotatable bonds is 4. The number of hydrogen-bond donors (Lipinski definition) is 0. The zero-order chi connectivity index (χ0) is 15.9. The first-order valence-corrected chi connectivity index (χ1v) is 9.69. The van der Waals surface area contributed by atoms with Gasteiger partial charge in [-0.1, -0.05) is 0 Å². The Bertz CT molecular complexity index is 714. The van der Waals surface area contributed by atoms with Crippen LogP contribution in [0.4, 0.5) is 5.69 Å². The fraction of sp³-hybridized carbons (Fsp3) is 0.684. The number of fused-ring (bicyclic) bond motifs is 1. The minimum Gasteiger partial charge on any atom is -0.370 e. The largest absolute Gasteiger partial charge is 0.370 e. The van der Waals surface area contributed by atoms with E-state index in [1.807, 2.05) is 4.52 Å². The van der Waals surface area contributed by atoms with Crippen LogP contribution in [0.2, 0.25) is 0 Å². The van der Waals surface area contributed by atoms with Gasteiger partial charge in [0.15, 0.2) is 11.5 Å². The van der Waals surface area contributed by atoms with Crippen molar-refractivity contribution in [1.29, 1.82) is 0 Å². The summed E-state index contributed by atoms with van der Waals surface area (Å²) in [5, 5.41) is 4.85. The molecule has 2 saturated heterocycles. The van der Waals surface area contributed by atoms with Crippen LogP contribution in [0.25, 0.3) is 5.65 Å². The maximum Gasteiger partial charge on any atom is 0.156 e. The van der Waals surface area contributed by atoms with E-state index < -0.39 is 0 Å². The van der Waals surface area contributed by atoms with Crippen molar-refractivity contribution in [2.45, 2.75) is 44.4 Å². The van der Waals surface area contributed by atoms with Crippen LogP contribution >= 0.6 is 0 Å². The minimum absolute atomic E-state index is 0.507. The Hall–Kier alpha value is -1.62. The smallest absolute Gasteiger partial charge is 0.156 e. The molecule has 2 aromatic heterocycles. The van der Waals surface area contributed by atoms with Gasteiger partial charge in [0.25, 0.3) is 0 Å². The molecule has 0 amide bonds. The summed E-state index contributed by atoms with van der Waals surface area (Å²) in [5.74, 6) is 2.53. The summed E-state index contributed by atoms with van der Waals surface area (Å²) in [6, 6.07) is 4.34. The molecular formula is C19H27N5. The number of piperidine rings is 1. The Morgan fingerprint density at radius 3 is 2.71 bits per heavy atom. The molecule has 1 saturated carbocycles. The molecule has 1 aliphatic carbocycles. The number of hydrogen-bond acceptors (Lipinski definition) is 4. The first-order chi connectivity index (χ1) is 11.8. The number of nitrogens with zero attached hydrogens (tertiary/aromatic N) is 5. The van der Waals surface area contributed by atoms with Crippen molar-refractivity contribution in [3.63, 3.8) is 0 Å². The molecule has 0 bridgehead atoms. The molecule has 5 heteroatoms. The fourth-order valence-electron chi connectivity index (χ4n) is 4.32. The summed E-state index contributed by atoms with van der Waals surface area (Å²) in [7, 11) is 0. The van der Waals surface area contributed by atoms with Gasteiger partial charge in [-0.2, -0.15) is 5.10 Å². The second-order valence-corrected chi connectivity index (χ2v) is 7.90. The van der Waals surface area contributed by atoms with Crippen molar-refractivity contribution < 1.29 is 0 Å². The molecule has 5 nitrogen and oxygen atoms in total. The summed E-state index contributed by atoms with van der Waals surface area (Å²) in [6.07, 6.45) is 10.2. The summed E-state index contributed by atoms with van der Waals surface area (Å²) in [5.41, 5.74) is 2.28. The highest BCUT2D eigenvalue weighted by atomic mass is 15.3. The van der Waals surface area contributed by atoms with E-state index >= 15 is 0 Å². The van der Waals surface area contributed by atoms with Crippen molar-refractivity contribution in [1.82, 2.24) is 19.5 Å². The molecule has 24 heavy (non-hydrogen) atoms. The van der Waals surface area contributed by atoms with Gasteiger partial charge in [0.1, 0.15) is 0 Å². The molecule has 5 rings (SSSR count). The molecule has 128 valence electrons. The van der Waals surface area contributed by atoms with Gasteiger partial charge in [-0.25, -0.2) is 9.50 Å². The average molecular weight is 325 g/mol. The number of likely N-dealkylation sites (tertiary alicyclic amines) is 1. The van der Waals surface area contributed by atoms with E-state index in [-0.39, 0.29) is 0 Å². The van der Waals surface area contributed by atoms with Gasteiger partial charge in [-0.15, -0.1) is 0 Å². The SMILES string of the molecule is c1cc2nc(C3CCCN(CC4CC4)C3)nn2cc1N1CCCC1. The van der Waals surface area contributed by atoms with Crippen LogP contribution in [-0.2, 0) is 0 Å². The van der Waals surface area contributed by atoms with Crippen molar-refractivity contribution in [3.05, 3.63) is 24.2 Å². The lowest BCUT2D eigenvalue weighted by atomic mass is 9.97. The molecule has 0 aromatic carbocycles. The van der Waals surface area contributed by atoms with Crippen LogP contribution in [0.15, 0.2) is 18.3 Å². The van der Waals surface area contributed by atoms with E-state index in [1.54, 1.807) is 0 Å². The fourth-order valence-corrected chi connectivity index (χ4v) is 4.32. The number of aromatic nitrogens is 3. The van der Waals surface area contributed by atoms with Crippen LogP contribution in [0.5, 0.6) is 0 Å². The molecule has 2 aromatic rings. The number of pyridine rings is 1. The molecular weight excluding hydrogens is 298 g/mol. The second kappa shape index (κ2) is 6.03. The minimum atomic E-state index is 0.507. The third kappa shape index (κ3) is 2.90. The normalized spacial score (nSPS) is 25.7. The van der Waals surface area contributed by atoms with E-state index in [9.17, 15) is 0 Å². The van der Waals surface area contributed by atoms with Gasteiger partial charge in [0.2, 0.25) is 0 Å². The Morgan fingerprint density at radius 2 is 1.88 bits per heavy atom. The maximum atomic E-state index is 4.85. The lowest BCUT2D eigenvalue weighted by Gasteiger charge is -2.31. The number of anilines is 1. The van der Waals surface area contributed by atoms with Crippen molar-refractivity contribution >= 4 is 11.3 Å². The molecule has 1 atom stereocenters. The predicted molar refractivity (Wildman–Crippen MR) is 95.6 cm³/mol. The third-order valence-electron chi connectivity index (χ3n) is 5.89. The zero-order valence-electron chi connectivity index (χ0n) is 14.4. The first-order valence-electron chi connectivity index (χ1n) is 9.69. The molecule has 0 radical (unpaired) electrons. The van der Waals surface area contributed by atoms with E-state index in [2.05, 4.69) is 28.1 Å². The topological polar surface area (TPSA) is 36.7 Å². The molecule has 4 heterocycles. The second-order valence-electron chi connectivity index (χ2n) is 7.90. The Labute approximate surface area is 143 Å². The van der Waals surface area contributed by atoms with Gasteiger partial charge in [-0.3, -0.25) is 0 Å². The summed E-state index contributed by atoms with van der Waals surface area (Å²) >= 11 is 0. The van der Waals surface area contributed by atoms with Crippen LogP contribution in [0.1, 0.15) is 50.3 Å². The highest BCUT2D eigenvalue weighted by Crippen LogP contribution is 2.33. The van der Waals surface area contributed by atoms with Crippen molar-refractivity contribution in [2.75, 3.05) is 37.6 Å². The molecule has 2 aliphatic heterocycles. The van der Waals surface area contributed by atoms with Crippen LogP contribution < -0.4 is 4.90 Å². The Morgan fingerprint density at radius 1 is 1.00 bits per heavy atom. The standard InChI is InChI=1S/C19H27N5/c1-2-11-23(10-1)17-7-8-18-20-19(21-24(18)14-17)16-4-3-9-22(13-16)12-15-5-6-15/h7-8,14-16H,1-6,9-13H2. The highest BCUT2D eigenvalue weighted by molar-refractivity contribution is 5.51. The first kappa shape index (κ1) is 14.7. The van der Waals surface area contributed by atoms with Gasteiger partial charge < -0.3 is 9.80 Å². The van der Waals surface area contributed by atoms with Gasteiger partial charge in [0, 0.05) is 32.1 Å². The van der Waals surface area contributed by atoms with Crippen molar-refractivity contribution in [3.8, 4) is 0 Å². The van der Waals surface area contributed by atoms with Crippen molar-refractivity contribution in [2.24, 2.45) is 5.92 Å². The van der Waals surface area contributed by atoms with Gasteiger partial charge in [0.05, 0.1) is 11.9 Å². The third-order valence-corrected chi connectivity index (χ3v) is 5.89. The van der Waals surface area contributed by atoms with E-state index in [0.717, 1.165) is 23.9 Å². The molecule has 3 fully saturated rings. The average Bonchev–Trinajstić information content (AvgIpc) is 3.12. The molecule has 0 spiro atoms. The molecule has 3 aliphatic rings. The van der Waals surface area contributed by atoms with Crippen LogP contribution in [-0.4, -0.2) is 52.2 Å². The Balaban J connectivity index is 1.36. The predicted octanol–water partition coefficient (Wildman–Crippen LogP) is 2.92. The van der Waals surface area contributed by atoms with Gasteiger partial charge >= 0.3 is 0 Å². The molecule has 1 unspecified atom stereocenters. The molecule has 0 N–H and O–H groups in total. The summed E-state index contributed by atoms with van der Waals surface area (Å²) in [4.78, 5) is 9.94. The van der Waals surface area contributed by atoms with E-state index in [0.29, 0.717) is 5.92 Å². The monoisotopic (exact) mass is 325 g/mol. The summed E-state index contributed by atoms with van der Waals surface area (Å²) in [6.45, 7) is 6.05. The quantitative estimate of drug-likeness (QED) is 0.866.